The van der Waals surface area contributed by atoms with E-state index in [1.54, 1.807) is 18.6 Å². The lowest BCUT2D eigenvalue weighted by Crippen LogP contribution is -2.43. The Morgan fingerprint density at radius 2 is 1.82 bits per heavy atom. The summed E-state index contributed by atoms with van der Waals surface area (Å²) in [4.78, 5) is 19.7. The van der Waals surface area contributed by atoms with Crippen LogP contribution in [-0.4, -0.2) is 43.5 Å². The van der Waals surface area contributed by atoms with Gasteiger partial charge in [-0.05, 0) is 18.9 Å². The Morgan fingerprint density at radius 1 is 1.00 bits per heavy atom. The fourth-order valence-corrected chi connectivity index (χ4v) is 2.91. The van der Waals surface area contributed by atoms with E-state index in [2.05, 4.69) is 30.2 Å². The standard InChI is InChI=1S/C15H17N7/c1-3-12(20-15-18-4-2-5-19-15)11-22(8-1)14-13-16-6-9-21(13)10-7-17-14/h2,4-7,9-10,12H,1,3,8,11H2,(H,18,19,20). The van der Waals surface area contributed by atoms with Crippen LogP contribution >= 0.6 is 0 Å². The first-order valence-electron chi connectivity index (χ1n) is 7.46. The Morgan fingerprint density at radius 3 is 2.68 bits per heavy atom. The zero-order valence-corrected chi connectivity index (χ0v) is 12.1. The van der Waals surface area contributed by atoms with E-state index in [9.17, 15) is 0 Å². The predicted molar refractivity (Wildman–Crippen MR) is 83.9 cm³/mol. The Labute approximate surface area is 128 Å². The van der Waals surface area contributed by atoms with Gasteiger partial charge in [-0.3, -0.25) is 0 Å². The number of rotatable bonds is 3. The van der Waals surface area contributed by atoms with Crippen molar-refractivity contribution in [1.82, 2.24) is 24.3 Å². The lowest BCUT2D eigenvalue weighted by atomic mass is 10.1. The van der Waals surface area contributed by atoms with Crippen LogP contribution in [0.4, 0.5) is 11.8 Å². The van der Waals surface area contributed by atoms with Gasteiger partial charge in [-0.25, -0.2) is 19.9 Å². The van der Waals surface area contributed by atoms with E-state index in [-0.39, 0.29) is 0 Å². The van der Waals surface area contributed by atoms with Crippen LogP contribution in [0, 0.1) is 0 Å². The van der Waals surface area contributed by atoms with Crippen LogP contribution in [0.1, 0.15) is 12.8 Å². The quantitative estimate of drug-likeness (QED) is 0.791. The van der Waals surface area contributed by atoms with Crippen LogP contribution in [0.3, 0.4) is 0 Å². The van der Waals surface area contributed by atoms with Crippen LogP contribution in [0.15, 0.2) is 43.2 Å². The first-order valence-corrected chi connectivity index (χ1v) is 7.46. The number of piperidine rings is 1. The lowest BCUT2D eigenvalue weighted by Gasteiger charge is -2.33. The second kappa shape index (κ2) is 5.59. The summed E-state index contributed by atoms with van der Waals surface area (Å²) < 4.78 is 2.00. The first-order chi connectivity index (χ1) is 10.9. The first kappa shape index (κ1) is 13.0. The van der Waals surface area contributed by atoms with Gasteiger partial charge in [0.25, 0.3) is 0 Å². The minimum Gasteiger partial charge on any atom is -0.351 e. The predicted octanol–water partition coefficient (Wildman–Crippen LogP) is 1.60. The minimum absolute atomic E-state index is 0.313. The van der Waals surface area contributed by atoms with Gasteiger partial charge in [0.05, 0.1) is 0 Å². The summed E-state index contributed by atoms with van der Waals surface area (Å²) in [6.45, 7) is 1.87. The molecule has 3 aromatic rings. The van der Waals surface area contributed by atoms with E-state index < -0.39 is 0 Å². The zero-order chi connectivity index (χ0) is 14.8. The van der Waals surface area contributed by atoms with Crippen LogP contribution in [-0.2, 0) is 0 Å². The van der Waals surface area contributed by atoms with Crippen molar-refractivity contribution < 1.29 is 0 Å². The van der Waals surface area contributed by atoms with Crippen LogP contribution in [0.5, 0.6) is 0 Å². The van der Waals surface area contributed by atoms with Gasteiger partial charge in [-0.15, -0.1) is 0 Å². The van der Waals surface area contributed by atoms with Gasteiger partial charge >= 0.3 is 0 Å². The molecule has 1 aliphatic rings. The molecule has 1 N–H and O–H groups in total. The number of hydrogen-bond acceptors (Lipinski definition) is 6. The monoisotopic (exact) mass is 295 g/mol. The number of nitrogens with zero attached hydrogens (tertiary/aromatic N) is 6. The maximum absolute atomic E-state index is 4.53. The Balaban J connectivity index is 1.55. The molecule has 0 bridgehead atoms. The third-order valence-corrected chi connectivity index (χ3v) is 3.91. The number of hydrogen-bond donors (Lipinski definition) is 1. The summed E-state index contributed by atoms with van der Waals surface area (Å²) >= 11 is 0. The van der Waals surface area contributed by atoms with Gasteiger partial charge in [0.1, 0.15) is 0 Å². The molecule has 112 valence electrons. The summed E-state index contributed by atoms with van der Waals surface area (Å²) in [5.41, 5.74) is 0.902. The second-order valence-electron chi connectivity index (χ2n) is 5.41. The van der Waals surface area contributed by atoms with Crippen LogP contribution in [0.25, 0.3) is 5.65 Å². The van der Waals surface area contributed by atoms with E-state index >= 15 is 0 Å². The topological polar surface area (TPSA) is 71.2 Å². The molecule has 7 heteroatoms. The molecule has 1 aliphatic heterocycles. The molecule has 1 saturated heterocycles. The highest BCUT2D eigenvalue weighted by atomic mass is 15.3. The van der Waals surface area contributed by atoms with Crippen molar-refractivity contribution in [3.8, 4) is 0 Å². The molecule has 1 unspecified atom stereocenters. The van der Waals surface area contributed by atoms with Crippen molar-refractivity contribution in [2.45, 2.75) is 18.9 Å². The van der Waals surface area contributed by atoms with Crippen molar-refractivity contribution in [3.05, 3.63) is 43.2 Å². The number of anilines is 2. The van der Waals surface area contributed by atoms with Crippen LogP contribution in [0.2, 0.25) is 0 Å². The summed E-state index contributed by atoms with van der Waals surface area (Å²) in [7, 11) is 0. The molecule has 4 rings (SSSR count). The molecule has 0 spiro atoms. The third-order valence-electron chi connectivity index (χ3n) is 3.91. The van der Waals surface area contributed by atoms with Gasteiger partial charge in [-0.2, -0.15) is 0 Å². The zero-order valence-electron chi connectivity index (χ0n) is 12.1. The van der Waals surface area contributed by atoms with Gasteiger partial charge < -0.3 is 14.6 Å². The molecule has 7 nitrogen and oxygen atoms in total. The summed E-state index contributed by atoms with van der Waals surface area (Å²) in [6, 6.07) is 2.13. The SMILES string of the molecule is c1cnc(NC2CCCN(c3nccn4ccnc34)C2)nc1. The highest BCUT2D eigenvalue weighted by Crippen LogP contribution is 2.22. The Bertz CT molecular complexity index is 755. The molecule has 1 atom stereocenters. The Kier molecular flexibility index (Phi) is 3.30. The van der Waals surface area contributed by atoms with E-state index in [1.807, 2.05) is 29.1 Å². The molecule has 0 amide bonds. The molecule has 0 saturated carbocycles. The van der Waals surface area contributed by atoms with Crippen molar-refractivity contribution in [2.75, 3.05) is 23.3 Å². The molecule has 22 heavy (non-hydrogen) atoms. The van der Waals surface area contributed by atoms with Crippen molar-refractivity contribution in [1.29, 1.82) is 0 Å². The highest BCUT2D eigenvalue weighted by molar-refractivity contribution is 5.64. The summed E-state index contributed by atoms with van der Waals surface area (Å²) in [5, 5.41) is 3.40. The van der Waals surface area contributed by atoms with E-state index in [4.69, 9.17) is 0 Å². The van der Waals surface area contributed by atoms with E-state index in [1.165, 1.54) is 0 Å². The number of nitrogens with one attached hydrogen (secondary N) is 1. The second-order valence-corrected chi connectivity index (χ2v) is 5.41. The molecule has 0 radical (unpaired) electrons. The average Bonchev–Trinajstić information content (AvgIpc) is 3.04. The summed E-state index contributed by atoms with van der Waals surface area (Å²) in [6.07, 6.45) is 13.2. The lowest BCUT2D eigenvalue weighted by molar-refractivity contribution is 0.524. The van der Waals surface area contributed by atoms with Gasteiger partial charge in [0, 0.05) is 56.3 Å². The number of imidazole rings is 1. The van der Waals surface area contributed by atoms with E-state index in [0.29, 0.717) is 12.0 Å². The average molecular weight is 295 g/mol. The molecule has 1 fully saturated rings. The molecule has 0 aliphatic carbocycles. The van der Waals surface area contributed by atoms with Gasteiger partial charge in [-0.1, -0.05) is 0 Å². The fourth-order valence-electron chi connectivity index (χ4n) is 2.91. The maximum atomic E-state index is 4.53. The van der Waals surface area contributed by atoms with E-state index in [0.717, 1.165) is 37.4 Å². The van der Waals surface area contributed by atoms with Crippen LogP contribution < -0.4 is 10.2 Å². The van der Waals surface area contributed by atoms with Crippen molar-refractivity contribution >= 4 is 17.4 Å². The normalized spacial score (nSPS) is 18.5. The fraction of sp³-hybridized carbons (Fsp3) is 0.333. The van der Waals surface area contributed by atoms with Crippen molar-refractivity contribution in [2.24, 2.45) is 0 Å². The van der Waals surface area contributed by atoms with Gasteiger partial charge in [0.2, 0.25) is 5.95 Å². The molecule has 3 aromatic heterocycles. The third kappa shape index (κ3) is 2.45. The smallest absolute Gasteiger partial charge is 0.222 e. The minimum atomic E-state index is 0.313. The largest absolute Gasteiger partial charge is 0.351 e. The Hall–Kier alpha value is -2.70. The molecule has 4 heterocycles. The highest BCUT2D eigenvalue weighted by Gasteiger charge is 2.23. The van der Waals surface area contributed by atoms with Gasteiger partial charge in [0.15, 0.2) is 11.5 Å². The maximum Gasteiger partial charge on any atom is 0.222 e. The molecular weight excluding hydrogens is 278 g/mol. The molecule has 0 aromatic carbocycles. The molecular formula is C15H17N7. The number of aromatic nitrogens is 5. The summed E-state index contributed by atoms with van der Waals surface area (Å²) in [5.74, 6) is 1.62. The number of fused-ring (bicyclic) bond motifs is 1. The van der Waals surface area contributed by atoms with Crippen molar-refractivity contribution in [3.63, 3.8) is 0 Å².